The van der Waals surface area contributed by atoms with E-state index in [1.165, 1.54) is 0 Å². The molecule has 92 valence electrons. The summed E-state index contributed by atoms with van der Waals surface area (Å²) in [5.74, 6) is 0.780. The first-order valence-corrected chi connectivity index (χ1v) is 5.48. The molecule has 0 radical (unpaired) electrons. The highest BCUT2D eigenvalue weighted by molar-refractivity contribution is 5.94. The number of hydrogen-bond donors (Lipinski definition) is 3. The van der Waals surface area contributed by atoms with Crippen LogP contribution < -0.4 is 10.6 Å². The molecule has 0 saturated carbocycles. The number of amidine groups is 1. The van der Waals surface area contributed by atoms with E-state index in [0.717, 1.165) is 5.82 Å². The van der Waals surface area contributed by atoms with Crippen molar-refractivity contribution in [3.8, 4) is 0 Å². The van der Waals surface area contributed by atoms with Crippen LogP contribution in [0.4, 0.5) is 5.82 Å². The Balaban J connectivity index is 2.17. The third-order valence-corrected chi connectivity index (χ3v) is 2.79. The number of rotatable bonds is 3. The minimum Gasteiger partial charge on any atom is -0.394 e. The Morgan fingerprint density at radius 1 is 1.65 bits per heavy atom. The van der Waals surface area contributed by atoms with Gasteiger partial charge in [0.2, 0.25) is 0 Å². The van der Waals surface area contributed by atoms with Gasteiger partial charge in [0.25, 0.3) is 0 Å². The van der Waals surface area contributed by atoms with Crippen molar-refractivity contribution in [2.75, 3.05) is 31.3 Å². The lowest BCUT2D eigenvalue weighted by molar-refractivity contribution is 0.0723. The zero-order chi connectivity index (χ0) is 12.3. The van der Waals surface area contributed by atoms with Gasteiger partial charge in [-0.3, -0.25) is 5.41 Å². The first-order chi connectivity index (χ1) is 8.22. The van der Waals surface area contributed by atoms with Crippen LogP contribution in [-0.2, 0) is 4.74 Å². The van der Waals surface area contributed by atoms with Gasteiger partial charge < -0.3 is 20.5 Å². The largest absolute Gasteiger partial charge is 0.394 e. The number of nitrogens with zero attached hydrogens (tertiary/aromatic N) is 2. The van der Waals surface area contributed by atoms with Gasteiger partial charge in [-0.15, -0.1) is 0 Å². The molecule has 1 aromatic rings. The van der Waals surface area contributed by atoms with E-state index in [1.54, 1.807) is 12.3 Å². The van der Waals surface area contributed by atoms with Crippen LogP contribution in [0.15, 0.2) is 18.3 Å². The molecule has 1 aliphatic rings. The standard InChI is InChI=1S/C11H16N4O2/c12-11(13)8-1-2-10(14-5-8)15-3-4-17-7-9(15)6-16/h1-2,5,9,16H,3-4,6-7H2,(H3,12,13). The van der Waals surface area contributed by atoms with Gasteiger partial charge in [-0.1, -0.05) is 0 Å². The number of aliphatic hydroxyl groups is 1. The summed E-state index contributed by atoms with van der Waals surface area (Å²) in [6.45, 7) is 1.88. The number of nitrogens with one attached hydrogen (secondary N) is 1. The van der Waals surface area contributed by atoms with Gasteiger partial charge >= 0.3 is 0 Å². The summed E-state index contributed by atoms with van der Waals surface area (Å²) in [4.78, 5) is 6.27. The van der Waals surface area contributed by atoms with Crippen LogP contribution in [0.2, 0.25) is 0 Å². The Kier molecular flexibility index (Phi) is 3.55. The summed E-state index contributed by atoms with van der Waals surface area (Å²) >= 11 is 0. The van der Waals surface area contributed by atoms with Crippen molar-refractivity contribution in [3.05, 3.63) is 23.9 Å². The quantitative estimate of drug-likeness (QED) is 0.488. The number of ether oxygens (including phenoxy) is 1. The Hall–Kier alpha value is -1.66. The van der Waals surface area contributed by atoms with Crippen molar-refractivity contribution in [1.29, 1.82) is 5.41 Å². The predicted molar refractivity (Wildman–Crippen MR) is 64.3 cm³/mol. The van der Waals surface area contributed by atoms with Crippen molar-refractivity contribution in [1.82, 2.24) is 4.98 Å². The minimum absolute atomic E-state index is 0.00438. The lowest BCUT2D eigenvalue weighted by atomic mass is 10.2. The highest BCUT2D eigenvalue weighted by Gasteiger charge is 2.23. The fourth-order valence-electron chi connectivity index (χ4n) is 1.82. The van der Waals surface area contributed by atoms with E-state index in [2.05, 4.69) is 4.98 Å². The molecular weight excluding hydrogens is 220 g/mol. The van der Waals surface area contributed by atoms with Crippen molar-refractivity contribution >= 4 is 11.7 Å². The maximum atomic E-state index is 9.26. The third kappa shape index (κ3) is 2.54. The summed E-state index contributed by atoms with van der Waals surface area (Å²) in [5.41, 5.74) is 5.97. The fourth-order valence-corrected chi connectivity index (χ4v) is 1.82. The Bertz CT molecular complexity index is 393. The highest BCUT2D eigenvalue weighted by atomic mass is 16.5. The molecule has 1 atom stereocenters. The first-order valence-electron chi connectivity index (χ1n) is 5.48. The molecule has 1 unspecified atom stereocenters. The molecule has 2 rings (SSSR count). The number of aromatic nitrogens is 1. The number of morpholine rings is 1. The molecule has 2 heterocycles. The number of hydrogen-bond acceptors (Lipinski definition) is 5. The molecule has 0 bridgehead atoms. The molecule has 1 aliphatic heterocycles. The maximum Gasteiger partial charge on any atom is 0.129 e. The second-order valence-electron chi connectivity index (χ2n) is 3.92. The summed E-state index contributed by atoms with van der Waals surface area (Å²) in [6, 6.07) is 3.51. The summed E-state index contributed by atoms with van der Waals surface area (Å²) in [7, 11) is 0. The van der Waals surface area contributed by atoms with Gasteiger partial charge in [0.05, 0.1) is 25.9 Å². The topological polar surface area (TPSA) is 95.5 Å². The van der Waals surface area contributed by atoms with E-state index >= 15 is 0 Å². The molecule has 0 spiro atoms. The second kappa shape index (κ2) is 5.11. The lowest BCUT2D eigenvalue weighted by Crippen LogP contribution is -2.48. The monoisotopic (exact) mass is 236 g/mol. The van der Waals surface area contributed by atoms with Gasteiger partial charge in [-0.05, 0) is 12.1 Å². The molecule has 17 heavy (non-hydrogen) atoms. The normalized spacial score (nSPS) is 20.3. The molecule has 1 aromatic heterocycles. The predicted octanol–water partition coefficient (Wildman–Crippen LogP) is -0.437. The van der Waals surface area contributed by atoms with Crippen LogP contribution in [0.3, 0.4) is 0 Å². The molecular formula is C11H16N4O2. The minimum atomic E-state index is -0.0561. The second-order valence-corrected chi connectivity index (χ2v) is 3.92. The number of aliphatic hydroxyl groups excluding tert-OH is 1. The maximum absolute atomic E-state index is 9.26. The summed E-state index contributed by atoms with van der Waals surface area (Å²) in [6.07, 6.45) is 1.57. The highest BCUT2D eigenvalue weighted by Crippen LogP contribution is 2.17. The fraction of sp³-hybridized carbons (Fsp3) is 0.455. The number of anilines is 1. The van der Waals surface area contributed by atoms with Crippen molar-refractivity contribution in [2.45, 2.75) is 6.04 Å². The first kappa shape index (κ1) is 11.8. The van der Waals surface area contributed by atoms with Crippen LogP contribution in [-0.4, -0.2) is 48.3 Å². The molecule has 0 amide bonds. The molecule has 0 aromatic carbocycles. The third-order valence-electron chi connectivity index (χ3n) is 2.79. The van der Waals surface area contributed by atoms with Crippen molar-refractivity contribution < 1.29 is 9.84 Å². The summed E-state index contributed by atoms with van der Waals surface area (Å²) in [5, 5.41) is 16.6. The molecule has 6 nitrogen and oxygen atoms in total. The van der Waals surface area contributed by atoms with Gasteiger partial charge in [0.15, 0.2) is 0 Å². The van der Waals surface area contributed by atoms with E-state index < -0.39 is 0 Å². The van der Waals surface area contributed by atoms with E-state index in [1.807, 2.05) is 11.0 Å². The molecule has 0 aliphatic carbocycles. The summed E-state index contributed by atoms with van der Waals surface area (Å²) < 4.78 is 5.30. The van der Waals surface area contributed by atoms with E-state index in [0.29, 0.717) is 25.3 Å². The van der Waals surface area contributed by atoms with E-state index in [4.69, 9.17) is 15.9 Å². The van der Waals surface area contributed by atoms with Crippen LogP contribution in [0.1, 0.15) is 5.56 Å². The lowest BCUT2D eigenvalue weighted by Gasteiger charge is -2.35. The zero-order valence-electron chi connectivity index (χ0n) is 9.47. The van der Waals surface area contributed by atoms with Gasteiger partial charge in [-0.2, -0.15) is 0 Å². The van der Waals surface area contributed by atoms with Crippen LogP contribution in [0.25, 0.3) is 0 Å². The van der Waals surface area contributed by atoms with Crippen LogP contribution in [0, 0.1) is 5.41 Å². The smallest absolute Gasteiger partial charge is 0.129 e. The number of nitrogens with two attached hydrogens (primary N) is 1. The van der Waals surface area contributed by atoms with Crippen LogP contribution in [0.5, 0.6) is 0 Å². The average molecular weight is 236 g/mol. The van der Waals surface area contributed by atoms with Crippen LogP contribution >= 0.6 is 0 Å². The SMILES string of the molecule is N=C(N)c1ccc(N2CCOCC2CO)nc1. The van der Waals surface area contributed by atoms with Crippen molar-refractivity contribution in [2.24, 2.45) is 5.73 Å². The molecule has 6 heteroatoms. The molecule has 1 saturated heterocycles. The average Bonchev–Trinajstić information content (AvgIpc) is 2.39. The Labute approximate surface area is 99.5 Å². The molecule has 1 fully saturated rings. The van der Waals surface area contributed by atoms with Crippen molar-refractivity contribution in [3.63, 3.8) is 0 Å². The molecule has 4 N–H and O–H groups in total. The van der Waals surface area contributed by atoms with E-state index in [-0.39, 0.29) is 18.5 Å². The number of pyridine rings is 1. The zero-order valence-corrected chi connectivity index (χ0v) is 9.47. The Morgan fingerprint density at radius 2 is 2.47 bits per heavy atom. The number of nitrogen functional groups attached to an aromatic ring is 1. The van der Waals surface area contributed by atoms with E-state index in [9.17, 15) is 5.11 Å². The van der Waals surface area contributed by atoms with Gasteiger partial charge in [0.1, 0.15) is 11.7 Å². The Morgan fingerprint density at radius 3 is 3.06 bits per heavy atom. The van der Waals surface area contributed by atoms with Gasteiger partial charge in [-0.25, -0.2) is 4.98 Å². The van der Waals surface area contributed by atoms with Gasteiger partial charge in [0, 0.05) is 18.3 Å².